The summed E-state index contributed by atoms with van der Waals surface area (Å²) in [5, 5.41) is 2.07. The molecule has 1 aliphatic heterocycles. The molecule has 1 N–H and O–H groups in total. The van der Waals surface area contributed by atoms with Crippen LogP contribution in [0.3, 0.4) is 0 Å². The molecule has 9 heteroatoms. The molecule has 0 aliphatic carbocycles. The number of sulfone groups is 2. The normalized spacial score (nSPS) is 22.2. The van der Waals surface area contributed by atoms with Crippen molar-refractivity contribution in [2.75, 3.05) is 18.6 Å². The molecule has 0 amide bonds. The van der Waals surface area contributed by atoms with E-state index in [1.165, 1.54) is 19.2 Å². The molecule has 0 radical (unpaired) electrons. The number of benzene rings is 1. The smallest absolute Gasteiger partial charge is 0.183 e. The van der Waals surface area contributed by atoms with Crippen LogP contribution in [0.4, 0.5) is 0 Å². The van der Waals surface area contributed by atoms with E-state index in [2.05, 4.69) is 10.3 Å². The summed E-state index contributed by atoms with van der Waals surface area (Å²) in [5.41, 5.74) is 0.907. The van der Waals surface area contributed by atoms with Gasteiger partial charge in [-0.1, -0.05) is 0 Å². The molecule has 1 aromatic carbocycles. The molecule has 1 aliphatic rings. The van der Waals surface area contributed by atoms with Crippen LogP contribution in [0, 0.1) is 0 Å². The van der Waals surface area contributed by atoms with Gasteiger partial charge in [0.1, 0.15) is 5.75 Å². The Morgan fingerprint density at radius 3 is 2.38 bits per heavy atom. The summed E-state index contributed by atoms with van der Waals surface area (Å²) in [5.74, 6) is -0.0385. The van der Waals surface area contributed by atoms with Gasteiger partial charge in [0.25, 0.3) is 0 Å². The van der Waals surface area contributed by atoms with Gasteiger partial charge in [0, 0.05) is 25.0 Å². The highest BCUT2D eigenvalue weighted by Gasteiger charge is 2.45. The van der Waals surface area contributed by atoms with Crippen LogP contribution < -0.4 is 10.1 Å². The van der Waals surface area contributed by atoms with Crippen LogP contribution in [0.2, 0.25) is 0 Å². The van der Waals surface area contributed by atoms with Gasteiger partial charge < -0.3 is 10.1 Å². The number of ether oxygens (including phenoxy) is 1. The molecule has 2 atom stereocenters. The molecule has 140 valence electrons. The Bertz CT molecular complexity index is 958. The Hall–Kier alpha value is -1.97. The van der Waals surface area contributed by atoms with Gasteiger partial charge in [-0.2, -0.15) is 0 Å². The maximum atomic E-state index is 13.0. The van der Waals surface area contributed by atoms with Gasteiger partial charge in [-0.25, -0.2) is 16.8 Å². The number of hydrogen-bond acceptors (Lipinski definition) is 7. The standard InChI is InChI=1S/C17H20N2O5S2/c1-24-14-2-4-15(5-3-14)26(22,23)17-12-25(20,21)11-16(17)19-10-13-6-8-18-9-7-13/h2-9,16-17,19H,10-12H2,1H3. The molecule has 7 nitrogen and oxygen atoms in total. The molecule has 26 heavy (non-hydrogen) atoms. The van der Waals surface area contributed by atoms with Crippen LogP contribution in [0.1, 0.15) is 5.56 Å². The average Bonchev–Trinajstić information content (AvgIpc) is 2.96. The fraction of sp³-hybridized carbons (Fsp3) is 0.353. The van der Waals surface area contributed by atoms with E-state index in [4.69, 9.17) is 4.74 Å². The minimum absolute atomic E-state index is 0.0936. The number of rotatable bonds is 6. The first-order chi connectivity index (χ1) is 12.3. The van der Waals surface area contributed by atoms with Crippen molar-refractivity contribution >= 4 is 19.7 Å². The highest BCUT2D eigenvalue weighted by atomic mass is 32.2. The second kappa shape index (κ2) is 7.34. The molecule has 0 spiro atoms. The zero-order valence-corrected chi connectivity index (χ0v) is 15.8. The number of aromatic nitrogens is 1. The van der Waals surface area contributed by atoms with Crippen LogP contribution >= 0.6 is 0 Å². The summed E-state index contributed by atoms with van der Waals surface area (Å²) >= 11 is 0. The quantitative estimate of drug-likeness (QED) is 0.771. The Kier molecular flexibility index (Phi) is 5.31. The Labute approximate surface area is 153 Å². The lowest BCUT2D eigenvalue weighted by molar-refractivity contribution is 0.414. The lowest BCUT2D eigenvalue weighted by Crippen LogP contribution is -2.43. The van der Waals surface area contributed by atoms with Crippen molar-refractivity contribution < 1.29 is 21.6 Å². The minimum Gasteiger partial charge on any atom is -0.497 e. The van der Waals surface area contributed by atoms with Gasteiger partial charge in [0.05, 0.1) is 28.8 Å². The molecule has 1 fully saturated rings. The van der Waals surface area contributed by atoms with Crippen LogP contribution in [0.25, 0.3) is 0 Å². The molecule has 2 unspecified atom stereocenters. The largest absolute Gasteiger partial charge is 0.497 e. The van der Waals surface area contributed by atoms with Gasteiger partial charge in [-0.05, 0) is 42.0 Å². The summed E-state index contributed by atoms with van der Waals surface area (Å²) in [6.45, 7) is 0.372. The van der Waals surface area contributed by atoms with Crippen LogP contribution in [0.5, 0.6) is 5.75 Å². The molecule has 3 rings (SSSR count). The molecule has 2 aromatic rings. The third kappa shape index (κ3) is 4.05. The van der Waals surface area contributed by atoms with Crippen molar-refractivity contribution in [2.24, 2.45) is 0 Å². The summed E-state index contributed by atoms with van der Waals surface area (Å²) in [4.78, 5) is 4.02. The fourth-order valence-electron chi connectivity index (χ4n) is 3.00. The third-order valence-corrected chi connectivity index (χ3v) is 8.57. The molecule has 0 saturated carbocycles. The van der Waals surface area contributed by atoms with Crippen molar-refractivity contribution in [1.29, 1.82) is 0 Å². The first-order valence-electron chi connectivity index (χ1n) is 8.02. The highest BCUT2D eigenvalue weighted by molar-refractivity contribution is 7.96. The zero-order chi connectivity index (χ0) is 18.8. The van der Waals surface area contributed by atoms with Crippen LogP contribution in [0.15, 0.2) is 53.7 Å². The first kappa shape index (κ1) is 18.8. The van der Waals surface area contributed by atoms with Gasteiger partial charge in [-0.3, -0.25) is 4.98 Å². The Balaban J connectivity index is 1.84. The van der Waals surface area contributed by atoms with Gasteiger partial charge in [0.15, 0.2) is 19.7 Å². The first-order valence-corrected chi connectivity index (χ1v) is 11.4. The highest BCUT2D eigenvalue weighted by Crippen LogP contribution is 2.27. The lowest BCUT2D eigenvalue weighted by atomic mass is 10.2. The molecule has 1 aromatic heterocycles. The number of nitrogens with zero attached hydrogens (tertiary/aromatic N) is 1. The van der Waals surface area contributed by atoms with Crippen molar-refractivity contribution in [3.63, 3.8) is 0 Å². The number of pyridine rings is 1. The molecule has 1 saturated heterocycles. The van der Waals surface area contributed by atoms with E-state index in [9.17, 15) is 16.8 Å². The average molecular weight is 396 g/mol. The van der Waals surface area contributed by atoms with Crippen LogP contribution in [-0.4, -0.2) is 51.7 Å². The van der Waals surface area contributed by atoms with Gasteiger partial charge in [0.2, 0.25) is 0 Å². The van der Waals surface area contributed by atoms with E-state index in [0.717, 1.165) is 5.56 Å². The minimum atomic E-state index is -3.80. The van der Waals surface area contributed by atoms with Crippen molar-refractivity contribution in [1.82, 2.24) is 10.3 Å². The van der Waals surface area contributed by atoms with Crippen molar-refractivity contribution in [3.05, 3.63) is 54.4 Å². The molecule has 0 bridgehead atoms. The van der Waals surface area contributed by atoms with E-state index < -0.39 is 31.0 Å². The molecule has 2 heterocycles. The van der Waals surface area contributed by atoms with Crippen molar-refractivity contribution in [3.8, 4) is 5.75 Å². The summed E-state index contributed by atoms with van der Waals surface area (Å²) < 4.78 is 55.2. The van der Waals surface area contributed by atoms with E-state index in [-0.39, 0.29) is 16.4 Å². The van der Waals surface area contributed by atoms with E-state index >= 15 is 0 Å². The van der Waals surface area contributed by atoms with E-state index in [1.807, 2.05) is 0 Å². The van der Waals surface area contributed by atoms with E-state index in [0.29, 0.717) is 12.3 Å². The Morgan fingerprint density at radius 2 is 1.77 bits per heavy atom. The summed E-state index contributed by atoms with van der Waals surface area (Å²) in [7, 11) is -5.74. The second-order valence-corrected chi connectivity index (χ2v) is 10.5. The number of nitrogens with one attached hydrogen (secondary N) is 1. The maximum Gasteiger partial charge on any atom is 0.183 e. The zero-order valence-electron chi connectivity index (χ0n) is 14.2. The van der Waals surface area contributed by atoms with Crippen LogP contribution in [-0.2, 0) is 26.2 Å². The fourth-order valence-corrected chi connectivity index (χ4v) is 7.72. The van der Waals surface area contributed by atoms with E-state index in [1.54, 1.807) is 36.7 Å². The van der Waals surface area contributed by atoms with Gasteiger partial charge in [-0.15, -0.1) is 0 Å². The molecular weight excluding hydrogens is 376 g/mol. The molecular formula is C17H20N2O5S2. The predicted molar refractivity (Wildman–Crippen MR) is 97.5 cm³/mol. The summed E-state index contributed by atoms with van der Waals surface area (Å²) in [6.07, 6.45) is 3.27. The predicted octanol–water partition coefficient (Wildman–Crippen LogP) is 0.819. The second-order valence-electron chi connectivity index (χ2n) is 6.18. The lowest BCUT2D eigenvalue weighted by Gasteiger charge is -2.20. The summed E-state index contributed by atoms with van der Waals surface area (Å²) in [6, 6.07) is 8.91. The number of methoxy groups -OCH3 is 1. The van der Waals surface area contributed by atoms with Crippen molar-refractivity contribution in [2.45, 2.75) is 22.7 Å². The monoisotopic (exact) mass is 396 g/mol. The topological polar surface area (TPSA) is 102 Å². The third-order valence-electron chi connectivity index (χ3n) is 4.40. The maximum absolute atomic E-state index is 13.0. The SMILES string of the molecule is COc1ccc(S(=O)(=O)C2CS(=O)(=O)CC2NCc2ccncc2)cc1. The Morgan fingerprint density at radius 1 is 1.12 bits per heavy atom. The van der Waals surface area contributed by atoms with Gasteiger partial charge >= 0.3 is 0 Å². The number of hydrogen-bond donors (Lipinski definition) is 1.